The molecule has 10 heteroatoms. The average Bonchev–Trinajstić information content (AvgIpc) is 3.25. The Hall–Kier alpha value is -2.88. The van der Waals surface area contributed by atoms with Gasteiger partial charge >= 0.3 is 6.09 Å². The summed E-state index contributed by atoms with van der Waals surface area (Å²) in [5.74, 6) is 0.215. The summed E-state index contributed by atoms with van der Waals surface area (Å²) in [7, 11) is 0. The standard InChI is InChI=1S/C26H32BrN5O4/c1-15(19-8-6-17(13-20(19)27)32-11-3-4-23(32)33)24(34)28-22-14-21(30-31-22)16-5-7-18(12-16)36-25(35)29-26(2)9-10-26/h6,8,13-16,18H,3-5,7,9-12H2,1-2H3,(H,29,35)(H2,28,30,31,34)/t15?,16-,18-/m0/s1. The van der Waals surface area contributed by atoms with Crippen molar-refractivity contribution in [3.8, 4) is 0 Å². The molecule has 0 radical (unpaired) electrons. The van der Waals surface area contributed by atoms with Crippen molar-refractivity contribution in [2.45, 2.75) is 82.3 Å². The van der Waals surface area contributed by atoms with Crippen LogP contribution in [0.4, 0.5) is 16.3 Å². The van der Waals surface area contributed by atoms with E-state index >= 15 is 0 Å². The van der Waals surface area contributed by atoms with Crippen LogP contribution in [-0.2, 0) is 14.3 Å². The number of anilines is 2. The fourth-order valence-electron chi connectivity index (χ4n) is 5.01. The molecular weight excluding hydrogens is 526 g/mol. The number of halogens is 1. The number of amides is 3. The van der Waals surface area contributed by atoms with Gasteiger partial charge in [-0.25, -0.2) is 4.79 Å². The van der Waals surface area contributed by atoms with Gasteiger partial charge in [0.25, 0.3) is 0 Å². The molecule has 5 rings (SSSR count). The topological polar surface area (TPSA) is 116 Å². The monoisotopic (exact) mass is 557 g/mol. The number of hydrogen-bond acceptors (Lipinski definition) is 5. The minimum atomic E-state index is -0.418. The maximum Gasteiger partial charge on any atom is 0.407 e. The molecule has 3 atom stereocenters. The van der Waals surface area contributed by atoms with Gasteiger partial charge in [0.1, 0.15) is 6.10 Å². The zero-order chi connectivity index (χ0) is 25.4. The lowest BCUT2D eigenvalue weighted by Crippen LogP contribution is -2.36. The predicted molar refractivity (Wildman–Crippen MR) is 139 cm³/mol. The summed E-state index contributed by atoms with van der Waals surface area (Å²) in [6, 6.07) is 7.55. The van der Waals surface area contributed by atoms with Crippen molar-refractivity contribution < 1.29 is 19.1 Å². The van der Waals surface area contributed by atoms with Crippen LogP contribution in [0.5, 0.6) is 0 Å². The molecule has 3 aliphatic rings. The van der Waals surface area contributed by atoms with Gasteiger partial charge in [-0.3, -0.25) is 14.7 Å². The van der Waals surface area contributed by atoms with E-state index < -0.39 is 5.92 Å². The minimum Gasteiger partial charge on any atom is -0.446 e. The van der Waals surface area contributed by atoms with E-state index in [-0.39, 0.29) is 35.5 Å². The van der Waals surface area contributed by atoms with Crippen molar-refractivity contribution in [1.82, 2.24) is 15.5 Å². The lowest BCUT2D eigenvalue weighted by molar-refractivity contribution is -0.118. The Labute approximate surface area is 218 Å². The summed E-state index contributed by atoms with van der Waals surface area (Å²) in [6.07, 6.45) is 5.42. The highest BCUT2D eigenvalue weighted by atomic mass is 79.9. The molecule has 1 aromatic heterocycles. The first-order valence-corrected chi connectivity index (χ1v) is 13.4. The summed E-state index contributed by atoms with van der Waals surface area (Å²) < 4.78 is 6.40. The number of rotatable bonds is 7. The molecule has 3 fully saturated rings. The molecule has 2 aliphatic carbocycles. The van der Waals surface area contributed by atoms with Crippen LogP contribution in [-0.4, -0.2) is 46.3 Å². The van der Waals surface area contributed by atoms with Crippen molar-refractivity contribution in [3.05, 3.63) is 40.0 Å². The van der Waals surface area contributed by atoms with Crippen LogP contribution in [0.15, 0.2) is 28.7 Å². The van der Waals surface area contributed by atoms with E-state index in [2.05, 4.69) is 36.8 Å². The number of ether oxygens (including phenoxy) is 1. The normalized spacial score (nSPS) is 23.4. The van der Waals surface area contributed by atoms with Crippen LogP contribution in [0, 0.1) is 0 Å². The number of alkyl carbamates (subject to hydrolysis) is 1. The van der Waals surface area contributed by atoms with E-state index in [0.29, 0.717) is 12.2 Å². The number of nitrogens with zero attached hydrogens (tertiary/aromatic N) is 2. The summed E-state index contributed by atoms with van der Waals surface area (Å²) in [4.78, 5) is 38.9. The maximum atomic E-state index is 13.0. The number of H-pyrrole nitrogens is 1. The van der Waals surface area contributed by atoms with Gasteiger partial charge in [0.05, 0.1) is 5.92 Å². The van der Waals surface area contributed by atoms with Crippen molar-refractivity contribution in [2.75, 3.05) is 16.8 Å². The molecule has 2 saturated carbocycles. The Kier molecular flexibility index (Phi) is 6.80. The fourth-order valence-corrected chi connectivity index (χ4v) is 5.72. The highest BCUT2D eigenvalue weighted by molar-refractivity contribution is 9.10. The van der Waals surface area contributed by atoms with Crippen molar-refractivity contribution in [1.29, 1.82) is 0 Å². The fraction of sp³-hybridized carbons (Fsp3) is 0.538. The molecule has 0 bridgehead atoms. The molecule has 3 N–H and O–H groups in total. The van der Waals surface area contributed by atoms with E-state index in [9.17, 15) is 14.4 Å². The maximum absolute atomic E-state index is 13.0. The molecule has 3 amide bonds. The number of aromatic amines is 1. The van der Waals surface area contributed by atoms with Gasteiger partial charge in [-0.1, -0.05) is 22.0 Å². The van der Waals surface area contributed by atoms with Crippen LogP contribution in [0.25, 0.3) is 0 Å². The second-order valence-corrected chi connectivity index (χ2v) is 11.4. The first kappa shape index (κ1) is 24.8. The number of benzene rings is 1. The summed E-state index contributed by atoms with van der Waals surface area (Å²) in [5, 5.41) is 13.2. The van der Waals surface area contributed by atoms with E-state index in [1.165, 1.54) is 0 Å². The van der Waals surface area contributed by atoms with Crippen LogP contribution in [0.1, 0.15) is 81.9 Å². The smallest absolute Gasteiger partial charge is 0.407 e. The summed E-state index contributed by atoms with van der Waals surface area (Å²) >= 11 is 3.58. The molecule has 1 aliphatic heterocycles. The first-order chi connectivity index (χ1) is 17.2. The Morgan fingerprint density at radius 3 is 2.78 bits per heavy atom. The molecule has 9 nitrogen and oxygen atoms in total. The quantitative estimate of drug-likeness (QED) is 0.445. The second kappa shape index (κ2) is 9.88. The van der Waals surface area contributed by atoms with Crippen LogP contribution in [0.3, 0.4) is 0 Å². The van der Waals surface area contributed by atoms with Crippen molar-refractivity contribution in [2.24, 2.45) is 0 Å². The lowest BCUT2D eigenvalue weighted by Gasteiger charge is -2.19. The van der Waals surface area contributed by atoms with Crippen LogP contribution >= 0.6 is 15.9 Å². The van der Waals surface area contributed by atoms with E-state index in [0.717, 1.165) is 66.5 Å². The Bertz CT molecular complexity index is 1180. The Morgan fingerprint density at radius 1 is 1.28 bits per heavy atom. The Morgan fingerprint density at radius 2 is 2.08 bits per heavy atom. The molecule has 1 unspecified atom stereocenters. The third-order valence-electron chi connectivity index (χ3n) is 7.58. The highest BCUT2D eigenvalue weighted by Gasteiger charge is 2.40. The molecule has 2 heterocycles. The van der Waals surface area contributed by atoms with Gasteiger partial charge in [-0.2, -0.15) is 5.10 Å². The first-order valence-electron chi connectivity index (χ1n) is 12.7. The molecule has 2 aromatic rings. The van der Waals surface area contributed by atoms with Crippen molar-refractivity contribution in [3.63, 3.8) is 0 Å². The zero-order valence-electron chi connectivity index (χ0n) is 20.6. The number of nitrogens with one attached hydrogen (secondary N) is 3. The highest BCUT2D eigenvalue weighted by Crippen LogP contribution is 2.38. The van der Waals surface area contributed by atoms with E-state index in [1.54, 1.807) is 4.90 Å². The molecule has 0 spiro atoms. The van der Waals surface area contributed by atoms with Gasteiger partial charge in [-0.15, -0.1) is 0 Å². The SMILES string of the molecule is CC(C(=O)Nc1cc([C@H]2CC[C@H](OC(=O)NC3(C)CC3)C2)[nH]n1)c1ccc(N2CCCC2=O)cc1Br. The largest absolute Gasteiger partial charge is 0.446 e. The van der Waals surface area contributed by atoms with Crippen LogP contribution in [0.2, 0.25) is 0 Å². The molecule has 1 aromatic carbocycles. The Balaban J connectivity index is 1.15. The van der Waals surface area contributed by atoms with Gasteiger partial charge in [0.15, 0.2) is 5.82 Å². The number of aromatic nitrogens is 2. The van der Waals surface area contributed by atoms with Gasteiger partial charge < -0.3 is 20.3 Å². The van der Waals surface area contributed by atoms with Gasteiger partial charge in [-0.05, 0) is 70.1 Å². The lowest BCUT2D eigenvalue weighted by atomic mass is 9.99. The average molecular weight is 558 g/mol. The number of hydrogen-bond donors (Lipinski definition) is 3. The van der Waals surface area contributed by atoms with E-state index in [1.807, 2.05) is 38.1 Å². The molecular formula is C26H32BrN5O4. The van der Waals surface area contributed by atoms with Gasteiger partial charge in [0, 0.05) is 46.3 Å². The third kappa shape index (κ3) is 5.43. The van der Waals surface area contributed by atoms with Crippen molar-refractivity contribution >= 4 is 45.3 Å². The minimum absolute atomic E-state index is 0.0900. The number of carbonyl (C=O) groups excluding carboxylic acids is 3. The summed E-state index contributed by atoms with van der Waals surface area (Å²) in [6.45, 7) is 4.59. The molecule has 1 saturated heterocycles. The zero-order valence-corrected chi connectivity index (χ0v) is 22.2. The third-order valence-corrected chi connectivity index (χ3v) is 8.27. The van der Waals surface area contributed by atoms with E-state index in [4.69, 9.17) is 4.74 Å². The predicted octanol–water partition coefficient (Wildman–Crippen LogP) is 4.96. The van der Waals surface area contributed by atoms with Crippen LogP contribution < -0.4 is 15.5 Å². The summed E-state index contributed by atoms with van der Waals surface area (Å²) in [5.41, 5.74) is 2.52. The van der Waals surface area contributed by atoms with Gasteiger partial charge in [0.2, 0.25) is 11.8 Å². The number of carbonyl (C=O) groups is 3. The second-order valence-electron chi connectivity index (χ2n) is 10.5. The molecule has 36 heavy (non-hydrogen) atoms. The molecule has 192 valence electrons.